The van der Waals surface area contributed by atoms with E-state index in [1.807, 2.05) is 0 Å². The second-order valence-electron chi connectivity index (χ2n) is 17.2. The van der Waals surface area contributed by atoms with Crippen molar-refractivity contribution in [3.05, 3.63) is 155 Å². The summed E-state index contributed by atoms with van der Waals surface area (Å²) in [6, 6.07) is 45.3. The average molecular weight is 755 g/mol. The van der Waals surface area contributed by atoms with E-state index in [1.165, 1.54) is 89.0 Å². The minimum Gasteiger partial charge on any atom is -0.396 e. The van der Waals surface area contributed by atoms with Gasteiger partial charge in [-0.25, -0.2) is 0 Å². The Hall–Kier alpha value is -4.84. The van der Waals surface area contributed by atoms with Crippen LogP contribution < -0.4 is 0 Å². The molecule has 0 amide bonds. The van der Waals surface area contributed by atoms with Gasteiger partial charge in [-0.1, -0.05) is 111 Å². The molecule has 6 aromatic rings. The molecule has 4 heteroatoms. The summed E-state index contributed by atoms with van der Waals surface area (Å²) in [6.45, 7) is 5.31. The van der Waals surface area contributed by atoms with Crippen molar-refractivity contribution in [3.8, 4) is 55.6 Å². The van der Waals surface area contributed by atoms with Crippen molar-refractivity contribution in [1.82, 2.24) is 0 Å². The molecule has 4 nitrogen and oxygen atoms in total. The van der Waals surface area contributed by atoms with Gasteiger partial charge in [0.05, 0.1) is 0 Å². The molecule has 3 aliphatic carbocycles. The fourth-order valence-electron chi connectivity index (χ4n) is 11.2. The molecule has 0 fully saturated rings. The van der Waals surface area contributed by atoms with Crippen molar-refractivity contribution in [2.75, 3.05) is 26.4 Å². The van der Waals surface area contributed by atoms with Crippen LogP contribution in [-0.4, -0.2) is 46.9 Å². The van der Waals surface area contributed by atoms with E-state index in [9.17, 15) is 20.4 Å². The van der Waals surface area contributed by atoms with Crippen molar-refractivity contribution in [1.29, 1.82) is 0 Å². The molecular weight excluding hydrogens is 701 g/mol. The zero-order valence-corrected chi connectivity index (χ0v) is 33.3. The molecule has 0 radical (unpaired) electrons. The van der Waals surface area contributed by atoms with Crippen LogP contribution in [0.2, 0.25) is 0 Å². The minimum absolute atomic E-state index is 0.150. The first-order valence-electron chi connectivity index (χ1n) is 21.0. The van der Waals surface area contributed by atoms with E-state index >= 15 is 0 Å². The lowest BCUT2D eigenvalue weighted by molar-refractivity contribution is 0.247. The topological polar surface area (TPSA) is 80.9 Å². The van der Waals surface area contributed by atoms with E-state index < -0.39 is 0 Å². The number of hydrogen-bond donors (Lipinski definition) is 4. The van der Waals surface area contributed by atoms with E-state index in [-0.39, 0.29) is 42.7 Å². The molecule has 290 valence electrons. The van der Waals surface area contributed by atoms with Crippen molar-refractivity contribution in [2.24, 2.45) is 0 Å². The molecule has 0 bridgehead atoms. The van der Waals surface area contributed by atoms with Crippen molar-refractivity contribution in [2.45, 2.75) is 81.5 Å². The number of fused-ring (bicyclic) bond motifs is 9. The SMILES string of the molecule is CC1(C)c2cc(-c3ccc4c(c3)C(CCCO)(CCCO)c3ccccc3-4)ccc2-c2ccc(-c3ccc4c(c3)C(CCCO)(CCCO)c3ccccc3-4)cc21. The number of aliphatic hydroxyl groups is 4. The average Bonchev–Trinajstić information content (AvgIpc) is 3.78. The van der Waals surface area contributed by atoms with E-state index in [1.54, 1.807) is 0 Å². The molecule has 0 heterocycles. The van der Waals surface area contributed by atoms with Crippen LogP contribution in [0.15, 0.2) is 121 Å². The standard InChI is InChI=1S/C53H54O4/c1-51(2)47-31-35(37-17-21-43-39-11-3-5-13-45(39)52(23-7-27-54,24-8-28-55)49(43)33-37)15-19-41(47)42-20-16-36(32-48(42)51)38-18-22-44-40-12-4-6-14-46(40)53(25-9-29-56,26-10-30-57)50(44)34-38/h3-6,11-22,31-34,54-57H,7-10,23-30H2,1-2H3. The van der Waals surface area contributed by atoms with E-state index in [4.69, 9.17) is 0 Å². The van der Waals surface area contributed by atoms with Crippen molar-refractivity contribution < 1.29 is 20.4 Å². The summed E-state index contributed by atoms with van der Waals surface area (Å²) in [5.41, 5.74) is 19.6. The fraction of sp³-hybridized carbons (Fsp3) is 0.321. The van der Waals surface area contributed by atoms with Crippen molar-refractivity contribution in [3.63, 3.8) is 0 Å². The molecule has 3 aliphatic rings. The Morgan fingerprint density at radius 1 is 0.333 bits per heavy atom. The van der Waals surface area contributed by atoms with Gasteiger partial charge in [-0.05, 0) is 165 Å². The first kappa shape index (κ1) is 37.7. The van der Waals surface area contributed by atoms with Gasteiger partial charge in [-0.2, -0.15) is 0 Å². The highest BCUT2D eigenvalue weighted by Gasteiger charge is 2.44. The monoisotopic (exact) mass is 754 g/mol. The predicted octanol–water partition coefficient (Wildman–Crippen LogP) is 10.9. The molecule has 0 aliphatic heterocycles. The van der Waals surface area contributed by atoms with Crippen LogP contribution in [0.4, 0.5) is 0 Å². The van der Waals surface area contributed by atoms with Crippen LogP contribution >= 0.6 is 0 Å². The number of benzene rings is 6. The second-order valence-corrected chi connectivity index (χ2v) is 17.2. The van der Waals surface area contributed by atoms with Gasteiger partial charge in [0.25, 0.3) is 0 Å². The summed E-state index contributed by atoms with van der Waals surface area (Å²) in [4.78, 5) is 0. The normalized spacial score (nSPS) is 15.8. The number of rotatable bonds is 14. The van der Waals surface area contributed by atoms with Crippen LogP contribution in [-0.2, 0) is 16.2 Å². The Labute approximate surface area is 337 Å². The van der Waals surface area contributed by atoms with Gasteiger partial charge >= 0.3 is 0 Å². The maximum absolute atomic E-state index is 9.97. The maximum Gasteiger partial charge on any atom is 0.0431 e. The molecular formula is C53H54O4. The number of aliphatic hydroxyl groups excluding tert-OH is 4. The molecule has 0 saturated heterocycles. The summed E-state index contributed by atoms with van der Waals surface area (Å²) in [5, 5.41) is 39.9. The molecule has 6 aromatic carbocycles. The van der Waals surface area contributed by atoms with Crippen molar-refractivity contribution >= 4 is 0 Å². The van der Waals surface area contributed by atoms with Gasteiger partial charge in [-0.15, -0.1) is 0 Å². The highest BCUT2D eigenvalue weighted by molar-refractivity contribution is 5.89. The molecule has 4 N–H and O–H groups in total. The van der Waals surface area contributed by atoms with Crippen LogP contribution in [0.25, 0.3) is 55.6 Å². The molecule has 0 atom stereocenters. The summed E-state index contributed by atoms with van der Waals surface area (Å²) in [7, 11) is 0. The van der Waals surface area contributed by atoms with Gasteiger partial charge in [0.1, 0.15) is 0 Å². The summed E-state index contributed by atoms with van der Waals surface area (Å²) in [5.74, 6) is 0. The third kappa shape index (κ3) is 5.87. The van der Waals surface area contributed by atoms with Crippen LogP contribution in [0.5, 0.6) is 0 Å². The highest BCUT2D eigenvalue weighted by Crippen LogP contribution is 2.57. The van der Waals surface area contributed by atoms with E-state index in [0.717, 1.165) is 25.7 Å². The molecule has 57 heavy (non-hydrogen) atoms. The van der Waals surface area contributed by atoms with E-state index in [2.05, 4.69) is 135 Å². The molecule has 0 saturated carbocycles. The maximum atomic E-state index is 9.97. The van der Waals surface area contributed by atoms with Gasteiger partial charge in [0.2, 0.25) is 0 Å². The Morgan fingerprint density at radius 3 is 0.947 bits per heavy atom. The van der Waals surface area contributed by atoms with E-state index in [0.29, 0.717) is 25.7 Å². The van der Waals surface area contributed by atoms with Crippen LogP contribution in [0.1, 0.15) is 98.6 Å². The lowest BCUT2D eigenvalue weighted by atomic mass is 9.71. The molecule has 0 aromatic heterocycles. The largest absolute Gasteiger partial charge is 0.396 e. The first-order valence-corrected chi connectivity index (χ1v) is 21.0. The quantitative estimate of drug-likeness (QED) is 0.0893. The Morgan fingerprint density at radius 2 is 0.614 bits per heavy atom. The lowest BCUT2D eigenvalue weighted by Gasteiger charge is -2.32. The van der Waals surface area contributed by atoms with Crippen LogP contribution in [0.3, 0.4) is 0 Å². The molecule has 0 spiro atoms. The smallest absolute Gasteiger partial charge is 0.0431 e. The highest BCUT2D eigenvalue weighted by atomic mass is 16.3. The van der Waals surface area contributed by atoms with Gasteiger partial charge < -0.3 is 20.4 Å². The third-order valence-electron chi connectivity index (χ3n) is 13.9. The Balaban J connectivity index is 1.09. The lowest BCUT2D eigenvalue weighted by Crippen LogP contribution is -2.26. The van der Waals surface area contributed by atoms with Gasteiger partial charge in [0, 0.05) is 42.7 Å². The van der Waals surface area contributed by atoms with Crippen LogP contribution in [0, 0.1) is 0 Å². The summed E-state index contributed by atoms with van der Waals surface area (Å²) >= 11 is 0. The third-order valence-corrected chi connectivity index (χ3v) is 13.9. The fourth-order valence-corrected chi connectivity index (χ4v) is 11.2. The van der Waals surface area contributed by atoms with Gasteiger partial charge in [0.15, 0.2) is 0 Å². The summed E-state index contributed by atoms with van der Waals surface area (Å²) in [6.07, 6.45) is 6.22. The minimum atomic E-state index is -0.242. The van der Waals surface area contributed by atoms with Gasteiger partial charge in [-0.3, -0.25) is 0 Å². The second kappa shape index (κ2) is 14.8. The number of hydrogen-bond acceptors (Lipinski definition) is 4. The molecule has 0 unspecified atom stereocenters. The molecule has 9 rings (SSSR count). The Kier molecular flexibility index (Phi) is 9.82. The zero-order chi connectivity index (χ0) is 39.4. The predicted molar refractivity (Wildman–Crippen MR) is 233 cm³/mol. The summed E-state index contributed by atoms with van der Waals surface area (Å²) < 4.78 is 0. The Bertz CT molecular complexity index is 2290. The zero-order valence-electron chi connectivity index (χ0n) is 33.3. The first-order chi connectivity index (χ1) is 27.8.